The molecule has 0 spiro atoms. The highest BCUT2D eigenvalue weighted by Gasteiger charge is 2.44. The van der Waals surface area contributed by atoms with E-state index in [-0.39, 0.29) is 29.5 Å². The van der Waals surface area contributed by atoms with Gasteiger partial charge in [0.2, 0.25) is 11.8 Å². The number of hydrogen-bond acceptors (Lipinski definition) is 6. The van der Waals surface area contributed by atoms with E-state index in [9.17, 15) is 14.4 Å². The Bertz CT molecular complexity index is 1250. The number of primary amides is 1. The van der Waals surface area contributed by atoms with Crippen molar-refractivity contribution in [2.24, 2.45) is 11.1 Å². The average molecular weight is 545 g/mol. The van der Waals surface area contributed by atoms with Gasteiger partial charge in [-0.25, -0.2) is 4.98 Å². The van der Waals surface area contributed by atoms with Gasteiger partial charge in [-0.2, -0.15) is 5.10 Å². The number of nitrogens with zero attached hydrogens (tertiary/aromatic N) is 4. The first kappa shape index (κ1) is 24.1. The van der Waals surface area contributed by atoms with E-state index in [1.807, 2.05) is 44.4 Å². The van der Waals surface area contributed by atoms with Crippen molar-refractivity contribution in [2.75, 3.05) is 11.9 Å². The van der Waals surface area contributed by atoms with Gasteiger partial charge >= 0.3 is 0 Å². The summed E-state index contributed by atoms with van der Waals surface area (Å²) < 4.78 is 2.09. The molecule has 3 aromatic heterocycles. The molecule has 3 amide bonds. The molecule has 11 heteroatoms. The van der Waals surface area contributed by atoms with Gasteiger partial charge < -0.3 is 16.0 Å². The standard InChI is InChI=1S/C23H25BrN6O3S/c1-13-6-7-18(24)26-21(13)27-22(33)16-10-23(2,3)12-29(16)19(31)11-30-15(17-5-4-8-34-17)9-14(28-30)20(25)32/h4-9,16H,10-12H2,1-3H3,(H2,25,32)(H,26,27,33)/t16-/m0/s1. The van der Waals surface area contributed by atoms with Crippen LogP contribution in [0.1, 0.15) is 36.3 Å². The summed E-state index contributed by atoms with van der Waals surface area (Å²) in [5, 5.41) is 9.04. The summed E-state index contributed by atoms with van der Waals surface area (Å²) in [5.41, 5.74) is 6.73. The second-order valence-corrected chi connectivity index (χ2v) is 10.9. The molecule has 3 aromatic rings. The topological polar surface area (TPSA) is 123 Å². The Morgan fingerprint density at radius 3 is 2.74 bits per heavy atom. The Balaban J connectivity index is 1.59. The Labute approximate surface area is 209 Å². The number of aryl methyl sites for hydroxylation is 1. The first-order chi connectivity index (χ1) is 16.0. The molecule has 3 N–H and O–H groups in total. The second kappa shape index (κ2) is 9.30. The normalized spacial score (nSPS) is 17.1. The smallest absolute Gasteiger partial charge is 0.269 e. The van der Waals surface area contributed by atoms with Gasteiger partial charge in [0, 0.05) is 6.54 Å². The molecule has 0 radical (unpaired) electrons. The van der Waals surface area contributed by atoms with Crippen LogP contribution in [0.5, 0.6) is 0 Å². The summed E-state index contributed by atoms with van der Waals surface area (Å²) >= 11 is 4.80. The number of anilines is 1. The van der Waals surface area contributed by atoms with E-state index in [4.69, 9.17) is 5.73 Å². The third-order valence-electron chi connectivity index (χ3n) is 5.74. The first-order valence-corrected chi connectivity index (χ1v) is 12.4. The van der Waals surface area contributed by atoms with Gasteiger partial charge in [-0.05, 0) is 63.8 Å². The number of likely N-dealkylation sites (tertiary alicyclic amines) is 1. The van der Waals surface area contributed by atoms with Crippen LogP contribution >= 0.6 is 27.3 Å². The summed E-state index contributed by atoms with van der Waals surface area (Å²) in [7, 11) is 0. The number of pyridine rings is 1. The molecule has 1 aliphatic rings. The van der Waals surface area contributed by atoms with Gasteiger partial charge in [0.15, 0.2) is 5.69 Å². The third kappa shape index (κ3) is 5.05. The average Bonchev–Trinajstić information content (AvgIpc) is 3.49. The molecule has 9 nitrogen and oxygen atoms in total. The predicted molar refractivity (Wildman–Crippen MR) is 133 cm³/mol. The maximum atomic E-state index is 13.4. The molecule has 4 rings (SSSR count). The lowest BCUT2D eigenvalue weighted by atomic mass is 9.90. The molecule has 0 aliphatic carbocycles. The molecule has 0 unspecified atom stereocenters. The quantitative estimate of drug-likeness (QED) is 0.460. The van der Waals surface area contributed by atoms with Crippen LogP contribution in [0.15, 0.2) is 40.3 Å². The van der Waals surface area contributed by atoms with Crippen molar-refractivity contribution in [3.8, 4) is 10.6 Å². The van der Waals surface area contributed by atoms with E-state index < -0.39 is 11.9 Å². The maximum absolute atomic E-state index is 13.4. The molecule has 4 heterocycles. The second-order valence-electron chi connectivity index (χ2n) is 9.11. The van der Waals surface area contributed by atoms with Crippen molar-refractivity contribution < 1.29 is 14.4 Å². The molecule has 34 heavy (non-hydrogen) atoms. The van der Waals surface area contributed by atoms with E-state index in [1.54, 1.807) is 17.0 Å². The fourth-order valence-corrected chi connectivity index (χ4v) is 5.15. The van der Waals surface area contributed by atoms with E-state index in [0.29, 0.717) is 29.1 Å². The summed E-state index contributed by atoms with van der Waals surface area (Å²) in [6.45, 7) is 6.22. The molecule has 1 aliphatic heterocycles. The monoisotopic (exact) mass is 544 g/mol. The van der Waals surface area contributed by atoms with Crippen molar-refractivity contribution in [1.29, 1.82) is 0 Å². The molecule has 0 saturated carbocycles. The van der Waals surface area contributed by atoms with E-state index in [1.165, 1.54) is 16.0 Å². The fraction of sp³-hybridized carbons (Fsp3) is 0.348. The lowest BCUT2D eigenvalue weighted by Gasteiger charge is -2.24. The predicted octanol–water partition coefficient (Wildman–Crippen LogP) is 3.44. The Morgan fingerprint density at radius 1 is 1.29 bits per heavy atom. The molecule has 1 fully saturated rings. The third-order valence-corrected chi connectivity index (χ3v) is 7.07. The van der Waals surface area contributed by atoms with Gasteiger partial charge in [0.05, 0.1) is 10.6 Å². The summed E-state index contributed by atoms with van der Waals surface area (Å²) in [6, 6.07) is 8.35. The van der Waals surface area contributed by atoms with Crippen molar-refractivity contribution in [2.45, 2.75) is 39.8 Å². The number of carbonyl (C=O) groups excluding carboxylic acids is 3. The van der Waals surface area contributed by atoms with Crippen molar-refractivity contribution >= 4 is 50.8 Å². The molecular weight excluding hydrogens is 520 g/mol. The number of rotatable bonds is 6. The zero-order valence-electron chi connectivity index (χ0n) is 19.0. The largest absolute Gasteiger partial charge is 0.364 e. The minimum atomic E-state index is -0.666. The fourth-order valence-electron chi connectivity index (χ4n) is 4.10. The molecular formula is C23H25BrN6O3S. The maximum Gasteiger partial charge on any atom is 0.269 e. The molecule has 0 bridgehead atoms. The van der Waals surface area contributed by atoms with Crippen LogP contribution in [0.25, 0.3) is 10.6 Å². The van der Waals surface area contributed by atoms with Crippen molar-refractivity contribution in [1.82, 2.24) is 19.7 Å². The summed E-state index contributed by atoms with van der Waals surface area (Å²) in [6.07, 6.45) is 0.515. The number of amides is 3. The van der Waals surface area contributed by atoms with Gasteiger partial charge in [-0.15, -0.1) is 11.3 Å². The van der Waals surface area contributed by atoms with Gasteiger partial charge in [-0.1, -0.05) is 26.0 Å². The summed E-state index contributed by atoms with van der Waals surface area (Å²) in [4.78, 5) is 45.2. The number of thiophene rings is 1. The number of nitrogens with two attached hydrogens (primary N) is 1. The highest BCUT2D eigenvalue weighted by atomic mass is 79.9. The minimum absolute atomic E-state index is 0.0865. The van der Waals surface area contributed by atoms with Crippen molar-refractivity contribution in [3.05, 3.63) is 51.6 Å². The highest BCUT2D eigenvalue weighted by molar-refractivity contribution is 9.10. The molecule has 178 valence electrons. The van der Waals surface area contributed by atoms with Crippen molar-refractivity contribution in [3.63, 3.8) is 0 Å². The van der Waals surface area contributed by atoms with E-state index >= 15 is 0 Å². The zero-order chi connectivity index (χ0) is 24.6. The summed E-state index contributed by atoms with van der Waals surface area (Å²) in [5.74, 6) is -0.763. The number of hydrogen-bond donors (Lipinski definition) is 2. The lowest BCUT2D eigenvalue weighted by Crippen LogP contribution is -2.45. The van der Waals surface area contributed by atoms with Crippen LogP contribution in [0.3, 0.4) is 0 Å². The van der Waals surface area contributed by atoms with Crippen LogP contribution in [0.2, 0.25) is 0 Å². The lowest BCUT2D eigenvalue weighted by molar-refractivity contribution is -0.137. The van der Waals surface area contributed by atoms with E-state index in [2.05, 4.69) is 31.3 Å². The number of carbonyl (C=O) groups is 3. The minimum Gasteiger partial charge on any atom is -0.364 e. The number of aromatic nitrogens is 3. The molecule has 0 aromatic carbocycles. The van der Waals surface area contributed by atoms with Gasteiger partial charge in [0.25, 0.3) is 5.91 Å². The van der Waals surface area contributed by atoms with Crippen LogP contribution in [0, 0.1) is 12.3 Å². The van der Waals surface area contributed by atoms with Crippen LogP contribution < -0.4 is 11.1 Å². The first-order valence-electron chi connectivity index (χ1n) is 10.7. The van der Waals surface area contributed by atoms with Crippen LogP contribution in [-0.2, 0) is 16.1 Å². The Hall–Kier alpha value is -3.05. The Kier molecular flexibility index (Phi) is 6.59. The highest BCUT2D eigenvalue weighted by Crippen LogP contribution is 2.35. The van der Waals surface area contributed by atoms with Gasteiger partial charge in [-0.3, -0.25) is 19.1 Å². The number of nitrogens with one attached hydrogen (secondary N) is 1. The van der Waals surface area contributed by atoms with Crippen LogP contribution in [-0.4, -0.2) is 50.0 Å². The molecule has 1 saturated heterocycles. The zero-order valence-corrected chi connectivity index (χ0v) is 21.4. The van der Waals surface area contributed by atoms with Crippen LogP contribution in [0.4, 0.5) is 5.82 Å². The number of halogens is 1. The van der Waals surface area contributed by atoms with E-state index in [0.717, 1.165) is 10.4 Å². The SMILES string of the molecule is Cc1ccc(Br)nc1NC(=O)[C@@H]1CC(C)(C)CN1C(=O)Cn1nc(C(N)=O)cc1-c1cccs1. The molecule has 1 atom stereocenters. The Morgan fingerprint density at radius 2 is 2.06 bits per heavy atom. The van der Waals surface area contributed by atoms with Gasteiger partial charge in [0.1, 0.15) is 23.0 Å².